The van der Waals surface area contributed by atoms with Crippen LogP contribution in [0, 0.1) is 12.7 Å². The number of piperazine rings is 1. The third-order valence-electron chi connectivity index (χ3n) is 4.54. The van der Waals surface area contributed by atoms with Gasteiger partial charge in [0.25, 0.3) is 0 Å². The number of nitrogens with zero attached hydrogens (tertiary/aromatic N) is 6. The molecule has 1 fully saturated rings. The van der Waals surface area contributed by atoms with Gasteiger partial charge in [0.2, 0.25) is 0 Å². The Morgan fingerprint density at radius 1 is 1.04 bits per heavy atom. The SMILES string of the molecule is Cc1nc2c(N3CCN(C)CC3)nc3cc(F)c(C(F)(F)F)cc3n2n1. The molecular weight excluding hydrogens is 352 g/mol. The lowest BCUT2D eigenvalue weighted by Gasteiger charge is -2.33. The van der Waals surface area contributed by atoms with Gasteiger partial charge in [0, 0.05) is 32.2 Å². The molecule has 0 amide bonds. The Labute approximate surface area is 146 Å². The lowest BCUT2D eigenvalue weighted by molar-refractivity contribution is -0.139. The van der Waals surface area contributed by atoms with Gasteiger partial charge in [-0.15, -0.1) is 0 Å². The van der Waals surface area contributed by atoms with Gasteiger partial charge in [-0.2, -0.15) is 18.3 Å². The summed E-state index contributed by atoms with van der Waals surface area (Å²) in [4.78, 5) is 12.9. The van der Waals surface area contributed by atoms with Gasteiger partial charge in [-0.05, 0) is 20.0 Å². The van der Waals surface area contributed by atoms with E-state index < -0.39 is 17.6 Å². The maximum absolute atomic E-state index is 14.0. The highest BCUT2D eigenvalue weighted by atomic mass is 19.4. The summed E-state index contributed by atoms with van der Waals surface area (Å²) in [5.74, 6) is -0.434. The van der Waals surface area contributed by atoms with Gasteiger partial charge in [-0.3, -0.25) is 0 Å². The predicted octanol–water partition coefficient (Wildman–Crippen LogP) is 2.50. The average molecular weight is 368 g/mol. The van der Waals surface area contributed by atoms with Crippen LogP contribution in [0.25, 0.3) is 16.7 Å². The van der Waals surface area contributed by atoms with Gasteiger partial charge >= 0.3 is 6.18 Å². The van der Waals surface area contributed by atoms with Crippen LogP contribution in [0.3, 0.4) is 0 Å². The number of aromatic nitrogens is 4. The smallest absolute Gasteiger partial charge is 0.351 e. The zero-order valence-electron chi connectivity index (χ0n) is 14.2. The molecule has 3 aromatic rings. The molecule has 26 heavy (non-hydrogen) atoms. The molecule has 4 rings (SSSR count). The van der Waals surface area contributed by atoms with Crippen LogP contribution in [0.5, 0.6) is 0 Å². The summed E-state index contributed by atoms with van der Waals surface area (Å²) in [6, 6.07) is 1.56. The lowest BCUT2D eigenvalue weighted by Crippen LogP contribution is -2.45. The number of hydrogen-bond acceptors (Lipinski definition) is 5. The molecule has 0 bridgehead atoms. The summed E-state index contributed by atoms with van der Waals surface area (Å²) < 4.78 is 54.6. The van der Waals surface area contributed by atoms with Crippen molar-refractivity contribution >= 4 is 22.5 Å². The lowest BCUT2D eigenvalue weighted by atomic mass is 10.1. The fourth-order valence-electron chi connectivity index (χ4n) is 3.15. The molecule has 1 aliphatic heterocycles. The van der Waals surface area contributed by atoms with Gasteiger partial charge in [-0.25, -0.2) is 18.9 Å². The minimum Gasteiger partial charge on any atom is -0.351 e. The summed E-state index contributed by atoms with van der Waals surface area (Å²) in [6.45, 7) is 4.68. The van der Waals surface area contributed by atoms with E-state index in [1.165, 1.54) is 4.52 Å². The third-order valence-corrected chi connectivity index (χ3v) is 4.54. The van der Waals surface area contributed by atoms with Crippen molar-refractivity contribution in [3.05, 3.63) is 29.3 Å². The van der Waals surface area contributed by atoms with Crippen LogP contribution >= 0.6 is 0 Å². The second-order valence-electron chi connectivity index (χ2n) is 6.44. The second-order valence-corrected chi connectivity index (χ2v) is 6.44. The molecule has 1 aromatic carbocycles. The summed E-state index contributed by atoms with van der Waals surface area (Å²) >= 11 is 0. The Morgan fingerprint density at radius 3 is 2.38 bits per heavy atom. The minimum absolute atomic E-state index is 0.0761. The number of rotatable bonds is 1. The molecule has 0 unspecified atom stereocenters. The number of fused-ring (bicyclic) bond motifs is 3. The number of anilines is 1. The first kappa shape index (κ1) is 17.0. The Morgan fingerprint density at radius 2 is 1.73 bits per heavy atom. The van der Waals surface area contributed by atoms with Crippen molar-refractivity contribution in [2.75, 3.05) is 38.1 Å². The quantitative estimate of drug-likeness (QED) is 0.618. The maximum Gasteiger partial charge on any atom is 0.419 e. The van der Waals surface area contributed by atoms with E-state index in [1.807, 2.05) is 11.9 Å². The Kier molecular flexibility index (Phi) is 3.76. The van der Waals surface area contributed by atoms with Crippen LogP contribution in [0.1, 0.15) is 11.4 Å². The van der Waals surface area contributed by atoms with Gasteiger partial charge in [-0.1, -0.05) is 0 Å². The van der Waals surface area contributed by atoms with E-state index in [-0.39, 0.29) is 11.0 Å². The molecule has 1 saturated heterocycles. The molecular formula is C16H16F4N6. The van der Waals surface area contributed by atoms with Crippen molar-refractivity contribution in [1.29, 1.82) is 0 Å². The highest BCUT2D eigenvalue weighted by Crippen LogP contribution is 2.34. The normalized spacial score (nSPS) is 16.8. The standard InChI is InChI=1S/C16H16F4N6/c1-9-21-15-14(25-5-3-24(2)4-6-25)22-12-8-11(17)10(16(18,19)20)7-13(12)26(15)23-9/h7-8H,3-6H2,1-2H3. The molecule has 0 radical (unpaired) electrons. The van der Waals surface area contributed by atoms with Gasteiger partial charge in [0.15, 0.2) is 11.5 Å². The number of benzene rings is 1. The van der Waals surface area contributed by atoms with Gasteiger partial charge in [0.1, 0.15) is 11.6 Å². The molecule has 0 spiro atoms. The fraction of sp³-hybridized carbons (Fsp3) is 0.438. The van der Waals surface area contributed by atoms with Crippen LogP contribution in [0.4, 0.5) is 23.4 Å². The number of aryl methyl sites for hydroxylation is 1. The largest absolute Gasteiger partial charge is 0.419 e. The van der Waals surface area contributed by atoms with E-state index in [0.717, 1.165) is 25.2 Å². The van der Waals surface area contributed by atoms with Gasteiger partial charge in [0.05, 0.1) is 16.6 Å². The van der Waals surface area contributed by atoms with Crippen LogP contribution in [0.15, 0.2) is 12.1 Å². The Balaban J connectivity index is 1.96. The van der Waals surface area contributed by atoms with E-state index in [2.05, 4.69) is 20.0 Å². The first-order valence-corrected chi connectivity index (χ1v) is 8.11. The zero-order chi connectivity index (χ0) is 18.6. The molecule has 0 aliphatic carbocycles. The first-order chi connectivity index (χ1) is 12.2. The molecule has 0 N–H and O–H groups in total. The number of halogens is 4. The minimum atomic E-state index is -4.80. The highest BCUT2D eigenvalue weighted by molar-refractivity contribution is 5.83. The summed E-state index contributed by atoms with van der Waals surface area (Å²) in [7, 11) is 2.01. The van der Waals surface area contributed by atoms with Crippen molar-refractivity contribution in [2.45, 2.75) is 13.1 Å². The molecule has 1 aliphatic rings. The van der Waals surface area contributed by atoms with Crippen LogP contribution < -0.4 is 4.90 Å². The summed E-state index contributed by atoms with van der Waals surface area (Å²) in [5.41, 5.74) is -0.776. The summed E-state index contributed by atoms with van der Waals surface area (Å²) in [6.07, 6.45) is -4.80. The second kappa shape index (κ2) is 5.76. The number of hydrogen-bond donors (Lipinski definition) is 0. The third kappa shape index (κ3) is 2.74. The zero-order valence-corrected chi connectivity index (χ0v) is 14.2. The van der Waals surface area contributed by atoms with E-state index in [0.29, 0.717) is 30.4 Å². The molecule has 6 nitrogen and oxygen atoms in total. The Bertz CT molecular complexity index is 988. The molecule has 0 atom stereocenters. The van der Waals surface area contributed by atoms with Gasteiger partial charge < -0.3 is 9.80 Å². The molecule has 10 heteroatoms. The van der Waals surface area contributed by atoms with Crippen LogP contribution in [-0.2, 0) is 6.18 Å². The van der Waals surface area contributed by atoms with Crippen LogP contribution in [-0.4, -0.2) is 57.7 Å². The van der Waals surface area contributed by atoms with E-state index in [9.17, 15) is 17.6 Å². The number of alkyl halides is 3. The monoisotopic (exact) mass is 368 g/mol. The van der Waals surface area contributed by atoms with E-state index in [1.54, 1.807) is 6.92 Å². The summed E-state index contributed by atoms with van der Waals surface area (Å²) in [5, 5.41) is 4.20. The molecule has 138 valence electrons. The van der Waals surface area contributed by atoms with Crippen molar-refractivity contribution in [2.24, 2.45) is 0 Å². The molecule has 2 aromatic heterocycles. The van der Waals surface area contributed by atoms with Crippen molar-refractivity contribution in [3.63, 3.8) is 0 Å². The molecule has 3 heterocycles. The molecule has 0 saturated carbocycles. The van der Waals surface area contributed by atoms with E-state index >= 15 is 0 Å². The van der Waals surface area contributed by atoms with Crippen LogP contribution in [0.2, 0.25) is 0 Å². The fourth-order valence-corrected chi connectivity index (χ4v) is 3.15. The van der Waals surface area contributed by atoms with Crippen molar-refractivity contribution in [3.8, 4) is 0 Å². The highest BCUT2D eigenvalue weighted by Gasteiger charge is 2.35. The predicted molar refractivity (Wildman–Crippen MR) is 87.7 cm³/mol. The average Bonchev–Trinajstić information content (AvgIpc) is 2.95. The van der Waals surface area contributed by atoms with Crippen molar-refractivity contribution < 1.29 is 17.6 Å². The van der Waals surface area contributed by atoms with E-state index in [4.69, 9.17) is 0 Å². The Hall–Kier alpha value is -2.49. The topological polar surface area (TPSA) is 49.6 Å². The number of likely N-dealkylation sites (N-methyl/N-ethyl adjacent to an activating group) is 1. The maximum atomic E-state index is 14.0. The first-order valence-electron chi connectivity index (χ1n) is 8.11. The van der Waals surface area contributed by atoms with Crippen molar-refractivity contribution in [1.82, 2.24) is 24.5 Å².